The van der Waals surface area contributed by atoms with Gasteiger partial charge in [-0.05, 0) is 12.1 Å². The number of benzene rings is 1. The highest BCUT2D eigenvalue weighted by atomic mass is 79.9. The third-order valence-corrected chi connectivity index (χ3v) is 2.51. The molecule has 0 unspecified atom stereocenters. The van der Waals surface area contributed by atoms with Gasteiger partial charge in [-0.15, -0.1) is 0 Å². The summed E-state index contributed by atoms with van der Waals surface area (Å²) in [7, 11) is 0. The Morgan fingerprint density at radius 1 is 1.46 bits per heavy atom. The van der Waals surface area contributed by atoms with Gasteiger partial charge in [0.2, 0.25) is 5.91 Å². The lowest BCUT2D eigenvalue weighted by molar-refractivity contribution is -0.114. The molecule has 1 aromatic rings. The lowest BCUT2D eigenvalue weighted by Crippen LogP contribution is -2.27. The summed E-state index contributed by atoms with van der Waals surface area (Å²) in [5, 5.41) is 6.27. The van der Waals surface area contributed by atoms with E-state index in [0.717, 1.165) is 15.8 Å². The molecule has 0 radical (unpaired) electrons. The second kappa shape index (κ2) is 3.20. The van der Waals surface area contributed by atoms with Gasteiger partial charge in [0, 0.05) is 4.47 Å². The maximum Gasteiger partial charge on any atom is 0.243 e. The van der Waals surface area contributed by atoms with E-state index < -0.39 is 0 Å². The van der Waals surface area contributed by atoms with Crippen LogP contribution in [0.1, 0.15) is 0 Å². The van der Waals surface area contributed by atoms with Crippen molar-refractivity contribution in [1.29, 1.82) is 0 Å². The average Bonchev–Trinajstić information content (AvgIpc) is 2.02. The number of carbonyl (C=O) groups is 1. The Bertz CT molecular complexity index is 381. The Hall–Kier alpha value is -0.740. The van der Waals surface area contributed by atoms with Crippen molar-refractivity contribution in [3.05, 3.63) is 21.6 Å². The van der Waals surface area contributed by atoms with Crippen LogP contribution in [0, 0.1) is 0 Å². The molecule has 0 saturated carbocycles. The molecule has 0 aliphatic carbocycles. The van der Waals surface area contributed by atoms with Crippen LogP contribution in [-0.4, -0.2) is 12.5 Å². The van der Waals surface area contributed by atoms with Crippen LogP contribution in [-0.2, 0) is 4.79 Å². The fourth-order valence-electron chi connectivity index (χ4n) is 1.21. The fraction of sp³-hybridized carbons (Fsp3) is 0.125. The van der Waals surface area contributed by atoms with Gasteiger partial charge in [-0.1, -0.05) is 27.5 Å². The maximum absolute atomic E-state index is 11.0. The van der Waals surface area contributed by atoms with Gasteiger partial charge in [0.05, 0.1) is 22.9 Å². The van der Waals surface area contributed by atoms with Crippen LogP contribution in [0.15, 0.2) is 16.6 Å². The van der Waals surface area contributed by atoms with Crippen LogP contribution in [0.4, 0.5) is 11.4 Å². The zero-order valence-corrected chi connectivity index (χ0v) is 8.87. The first kappa shape index (κ1) is 8.84. The first-order valence-electron chi connectivity index (χ1n) is 3.69. The van der Waals surface area contributed by atoms with Crippen molar-refractivity contribution < 1.29 is 4.79 Å². The zero-order valence-electron chi connectivity index (χ0n) is 6.53. The van der Waals surface area contributed by atoms with Crippen LogP contribution in [0.25, 0.3) is 0 Å². The number of carbonyl (C=O) groups excluding carboxylic acids is 1. The molecule has 0 bridgehead atoms. The molecule has 1 amide bonds. The smallest absolute Gasteiger partial charge is 0.243 e. The van der Waals surface area contributed by atoms with Crippen LogP contribution < -0.4 is 10.6 Å². The van der Waals surface area contributed by atoms with Gasteiger partial charge in [0.1, 0.15) is 0 Å². The van der Waals surface area contributed by atoms with Gasteiger partial charge in [0.15, 0.2) is 0 Å². The summed E-state index contributed by atoms with van der Waals surface area (Å²) >= 11 is 9.25. The van der Waals surface area contributed by atoms with E-state index in [2.05, 4.69) is 26.6 Å². The van der Waals surface area contributed by atoms with E-state index in [9.17, 15) is 4.79 Å². The van der Waals surface area contributed by atoms with Gasteiger partial charge < -0.3 is 10.6 Å². The second-order valence-corrected chi connectivity index (χ2v) is 4.03. The second-order valence-electron chi connectivity index (χ2n) is 2.71. The van der Waals surface area contributed by atoms with E-state index in [1.165, 1.54) is 0 Å². The number of fused-ring (bicyclic) bond motifs is 1. The Kier molecular flexibility index (Phi) is 2.17. The minimum absolute atomic E-state index is 0.0540. The molecule has 0 saturated heterocycles. The van der Waals surface area contributed by atoms with Crippen molar-refractivity contribution >= 4 is 44.8 Å². The Labute approximate surface area is 88.6 Å². The standard InChI is InChI=1S/C8H6BrClN2O/c9-4-1-5(10)8-6(2-4)12-7(13)3-11-8/h1-2,11H,3H2,(H,12,13). The Morgan fingerprint density at radius 3 is 3.00 bits per heavy atom. The molecular weight excluding hydrogens is 255 g/mol. The number of hydrogen-bond acceptors (Lipinski definition) is 2. The van der Waals surface area contributed by atoms with Gasteiger partial charge in [-0.3, -0.25) is 4.79 Å². The normalized spacial score (nSPS) is 14.5. The van der Waals surface area contributed by atoms with Crippen LogP contribution >= 0.6 is 27.5 Å². The molecule has 0 atom stereocenters. The highest BCUT2D eigenvalue weighted by Crippen LogP contribution is 2.35. The predicted molar refractivity (Wildman–Crippen MR) is 56.3 cm³/mol. The van der Waals surface area contributed by atoms with Crippen molar-refractivity contribution in [3.8, 4) is 0 Å². The highest BCUT2D eigenvalue weighted by Gasteiger charge is 2.16. The Morgan fingerprint density at radius 2 is 2.23 bits per heavy atom. The summed E-state index contributed by atoms with van der Waals surface area (Å²) in [5.41, 5.74) is 1.50. The van der Waals surface area contributed by atoms with Crippen molar-refractivity contribution in [2.75, 3.05) is 17.2 Å². The van der Waals surface area contributed by atoms with Crippen molar-refractivity contribution in [2.45, 2.75) is 0 Å². The summed E-state index contributed by atoms with van der Waals surface area (Å²) in [4.78, 5) is 11.0. The fourth-order valence-corrected chi connectivity index (χ4v) is 2.09. The summed E-state index contributed by atoms with van der Waals surface area (Å²) in [6.07, 6.45) is 0. The number of anilines is 2. The number of hydrogen-bond donors (Lipinski definition) is 2. The van der Waals surface area contributed by atoms with Gasteiger partial charge >= 0.3 is 0 Å². The predicted octanol–water partition coefficient (Wildman–Crippen LogP) is 2.47. The molecule has 2 N–H and O–H groups in total. The van der Waals surface area contributed by atoms with E-state index in [0.29, 0.717) is 5.02 Å². The molecule has 68 valence electrons. The van der Waals surface area contributed by atoms with E-state index in [4.69, 9.17) is 11.6 Å². The summed E-state index contributed by atoms with van der Waals surface area (Å²) in [5.74, 6) is -0.0540. The molecule has 5 heteroatoms. The summed E-state index contributed by atoms with van der Waals surface area (Å²) in [6.45, 7) is 0.272. The molecule has 2 rings (SSSR count). The topological polar surface area (TPSA) is 41.1 Å². The molecule has 0 spiro atoms. The maximum atomic E-state index is 11.0. The van der Waals surface area contributed by atoms with E-state index in [1.54, 1.807) is 6.07 Å². The van der Waals surface area contributed by atoms with E-state index in [1.807, 2.05) is 6.07 Å². The monoisotopic (exact) mass is 260 g/mol. The van der Waals surface area contributed by atoms with Crippen molar-refractivity contribution in [3.63, 3.8) is 0 Å². The molecule has 1 aliphatic rings. The van der Waals surface area contributed by atoms with Gasteiger partial charge in [-0.25, -0.2) is 0 Å². The molecule has 1 aliphatic heterocycles. The SMILES string of the molecule is O=C1CNc2c(Cl)cc(Br)cc2N1. The van der Waals surface area contributed by atoms with Gasteiger partial charge in [0.25, 0.3) is 0 Å². The third-order valence-electron chi connectivity index (χ3n) is 1.75. The van der Waals surface area contributed by atoms with E-state index in [-0.39, 0.29) is 12.5 Å². The molecule has 3 nitrogen and oxygen atoms in total. The first-order chi connectivity index (χ1) is 6.16. The van der Waals surface area contributed by atoms with Crippen molar-refractivity contribution in [2.24, 2.45) is 0 Å². The van der Waals surface area contributed by atoms with E-state index >= 15 is 0 Å². The van der Waals surface area contributed by atoms with Crippen LogP contribution in [0.2, 0.25) is 5.02 Å². The Balaban J connectivity index is 2.53. The van der Waals surface area contributed by atoms with Crippen LogP contribution in [0.5, 0.6) is 0 Å². The number of halogens is 2. The number of rotatable bonds is 0. The van der Waals surface area contributed by atoms with Gasteiger partial charge in [-0.2, -0.15) is 0 Å². The average molecular weight is 262 g/mol. The first-order valence-corrected chi connectivity index (χ1v) is 4.86. The number of amides is 1. The lowest BCUT2D eigenvalue weighted by Gasteiger charge is -2.19. The number of nitrogens with one attached hydrogen (secondary N) is 2. The third kappa shape index (κ3) is 1.64. The summed E-state index contributed by atoms with van der Waals surface area (Å²) in [6, 6.07) is 3.59. The molecule has 0 aromatic heterocycles. The molecule has 1 aromatic carbocycles. The highest BCUT2D eigenvalue weighted by molar-refractivity contribution is 9.10. The summed E-state index contributed by atoms with van der Waals surface area (Å²) < 4.78 is 0.847. The zero-order chi connectivity index (χ0) is 9.42. The molecule has 1 heterocycles. The largest absolute Gasteiger partial charge is 0.373 e. The quantitative estimate of drug-likeness (QED) is 0.753. The molecule has 0 fully saturated rings. The van der Waals surface area contributed by atoms with Crippen LogP contribution in [0.3, 0.4) is 0 Å². The molecule has 13 heavy (non-hydrogen) atoms. The minimum Gasteiger partial charge on any atom is -0.373 e. The molecular formula is C8H6BrClN2O. The minimum atomic E-state index is -0.0540. The lowest BCUT2D eigenvalue weighted by atomic mass is 10.2. The van der Waals surface area contributed by atoms with Crippen molar-refractivity contribution in [1.82, 2.24) is 0 Å².